The summed E-state index contributed by atoms with van der Waals surface area (Å²) < 4.78 is 5.13. The van der Waals surface area contributed by atoms with Crippen LogP contribution in [0.5, 0.6) is 0 Å². The normalized spacial score (nSPS) is 13.5. The van der Waals surface area contributed by atoms with Gasteiger partial charge in [-0.2, -0.15) is 5.06 Å². The Morgan fingerprint density at radius 2 is 2.00 bits per heavy atom. The van der Waals surface area contributed by atoms with Gasteiger partial charge in [-0.3, -0.25) is 4.84 Å². The molecule has 15 heavy (non-hydrogen) atoms. The molecular weight excluding hydrogens is 198 g/mol. The number of hydrogen-bond donors (Lipinski definition) is 1. The third kappa shape index (κ3) is 5.59. The maximum Gasteiger partial charge on any atom is 0.434 e. The lowest BCUT2D eigenvalue weighted by molar-refractivity contribution is -0.169. The highest BCUT2D eigenvalue weighted by Crippen LogP contribution is 2.12. The summed E-state index contributed by atoms with van der Waals surface area (Å²) in [6.45, 7) is 8.96. The van der Waals surface area contributed by atoms with Crippen LogP contribution in [0.4, 0.5) is 4.79 Å². The van der Waals surface area contributed by atoms with Crippen molar-refractivity contribution >= 4 is 6.09 Å². The molecule has 0 aliphatic rings. The second-order valence-corrected chi connectivity index (χ2v) is 4.26. The zero-order valence-electron chi connectivity index (χ0n) is 10.1. The average Bonchev–Trinajstić information content (AvgIpc) is 2.10. The van der Waals surface area contributed by atoms with Crippen LogP contribution in [0.3, 0.4) is 0 Å². The minimum atomic E-state index is -0.578. The van der Waals surface area contributed by atoms with E-state index in [0.29, 0.717) is 6.61 Å². The van der Waals surface area contributed by atoms with Gasteiger partial charge in [-0.05, 0) is 34.6 Å². The summed E-state index contributed by atoms with van der Waals surface area (Å²) in [6.07, 6.45) is -0.578. The van der Waals surface area contributed by atoms with E-state index < -0.39 is 17.7 Å². The van der Waals surface area contributed by atoms with E-state index in [1.807, 2.05) is 0 Å². The summed E-state index contributed by atoms with van der Waals surface area (Å²) >= 11 is 0. The maximum atomic E-state index is 11.6. The fourth-order valence-corrected chi connectivity index (χ4v) is 0.880. The quantitative estimate of drug-likeness (QED) is 0.729. The molecule has 0 aliphatic heterocycles. The molecule has 0 rings (SSSR count). The molecule has 0 aromatic carbocycles. The van der Waals surface area contributed by atoms with Crippen molar-refractivity contribution in [2.75, 3.05) is 13.2 Å². The van der Waals surface area contributed by atoms with Crippen LogP contribution in [0.25, 0.3) is 0 Å². The molecule has 5 heteroatoms. The van der Waals surface area contributed by atoms with Gasteiger partial charge in [0, 0.05) is 0 Å². The molecule has 90 valence electrons. The van der Waals surface area contributed by atoms with Crippen molar-refractivity contribution in [3.63, 3.8) is 0 Å². The average molecular weight is 219 g/mol. The maximum absolute atomic E-state index is 11.6. The van der Waals surface area contributed by atoms with Crippen molar-refractivity contribution < 1.29 is 19.5 Å². The summed E-state index contributed by atoms with van der Waals surface area (Å²) in [7, 11) is 0. The lowest BCUT2D eigenvalue weighted by Crippen LogP contribution is -2.43. The third-order valence-electron chi connectivity index (χ3n) is 1.51. The van der Waals surface area contributed by atoms with Crippen LogP contribution >= 0.6 is 0 Å². The molecule has 0 aliphatic carbocycles. The first-order valence-electron chi connectivity index (χ1n) is 5.07. The molecule has 0 saturated heterocycles. The van der Waals surface area contributed by atoms with Gasteiger partial charge in [-0.15, -0.1) is 0 Å². The van der Waals surface area contributed by atoms with E-state index in [0.717, 1.165) is 5.06 Å². The number of carbonyl (C=O) groups excluding carboxylic acids is 1. The minimum absolute atomic E-state index is 0.167. The number of aliphatic hydroxyl groups is 1. The van der Waals surface area contributed by atoms with Gasteiger partial charge in [0.15, 0.2) is 0 Å². The van der Waals surface area contributed by atoms with E-state index in [4.69, 9.17) is 14.7 Å². The molecule has 1 N–H and O–H groups in total. The van der Waals surface area contributed by atoms with Gasteiger partial charge >= 0.3 is 6.09 Å². The number of amides is 1. The Kier molecular flexibility index (Phi) is 5.60. The standard InChI is InChI=1S/C10H21NO4/c1-6-14-11(8(2)7-12)9(13)15-10(3,4)5/h8,12H,6-7H2,1-5H3. The summed E-state index contributed by atoms with van der Waals surface area (Å²) in [6, 6.07) is -0.417. The molecule has 5 nitrogen and oxygen atoms in total. The molecular formula is C10H21NO4. The summed E-state index contributed by atoms with van der Waals surface area (Å²) in [5.74, 6) is 0. The van der Waals surface area contributed by atoms with E-state index in [9.17, 15) is 4.79 Å². The van der Waals surface area contributed by atoms with Crippen molar-refractivity contribution in [2.45, 2.75) is 46.3 Å². The first-order valence-corrected chi connectivity index (χ1v) is 5.07. The van der Waals surface area contributed by atoms with Crippen LogP contribution in [0, 0.1) is 0 Å². The zero-order valence-corrected chi connectivity index (χ0v) is 10.1. The van der Waals surface area contributed by atoms with E-state index in [1.54, 1.807) is 34.6 Å². The van der Waals surface area contributed by atoms with Crippen molar-refractivity contribution in [2.24, 2.45) is 0 Å². The Morgan fingerprint density at radius 1 is 1.47 bits per heavy atom. The van der Waals surface area contributed by atoms with Crippen molar-refractivity contribution in [1.29, 1.82) is 0 Å². The molecule has 0 saturated carbocycles. The van der Waals surface area contributed by atoms with E-state index in [2.05, 4.69) is 0 Å². The lowest BCUT2D eigenvalue weighted by atomic mass is 10.2. The van der Waals surface area contributed by atoms with Crippen molar-refractivity contribution in [3.8, 4) is 0 Å². The fraction of sp³-hybridized carbons (Fsp3) is 0.900. The molecule has 1 atom stereocenters. The molecule has 0 aromatic rings. The molecule has 0 radical (unpaired) electrons. The molecule has 0 aromatic heterocycles. The Hall–Kier alpha value is -0.810. The van der Waals surface area contributed by atoms with Crippen molar-refractivity contribution in [1.82, 2.24) is 5.06 Å². The van der Waals surface area contributed by atoms with Crippen LogP contribution < -0.4 is 0 Å². The highest BCUT2D eigenvalue weighted by molar-refractivity contribution is 5.67. The van der Waals surface area contributed by atoms with Gasteiger partial charge in [-0.1, -0.05) is 0 Å². The van der Waals surface area contributed by atoms with E-state index in [1.165, 1.54) is 0 Å². The zero-order chi connectivity index (χ0) is 12.1. The predicted molar refractivity (Wildman–Crippen MR) is 56.2 cm³/mol. The Bertz CT molecular complexity index is 200. The summed E-state index contributed by atoms with van der Waals surface area (Å²) in [4.78, 5) is 16.7. The van der Waals surface area contributed by atoms with Crippen LogP contribution in [0.2, 0.25) is 0 Å². The van der Waals surface area contributed by atoms with Gasteiger partial charge in [0.2, 0.25) is 0 Å². The Morgan fingerprint density at radius 3 is 2.33 bits per heavy atom. The fourth-order valence-electron chi connectivity index (χ4n) is 0.880. The number of hydroxylamine groups is 2. The second kappa shape index (κ2) is 5.92. The van der Waals surface area contributed by atoms with Crippen LogP contribution in [0.1, 0.15) is 34.6 Å². The predicted octanol–water partition coefficient (Wildman–Crippen LogP) is 1.56. The number of ether oxygens (including phenoxy) is 1. The second-order valence-electron chi connectivity index (χ2n) is 4.26. The van der Waals surface area contributed by atoms with Crippen LogP contribution in [-0.2, 0) is 9.57 Å². The summed E-state index contributed by atoms with van der Waals surface area (Å²) in [5.41, 5.74) is -0.568. The van der Waals surface area contributed by atoms with Crippen LogP contribution in [-0.4, -0.2) is 41.1 Å². The lowest BCUT2D eigenvalue weighted by Gasteiger charge is -2.29. The highest BCUT2D eigenvalue weighted by Gasteiger charge is 2.26. The topological polar surface area (TPSA) is 59.0 Å². The van der Waals surface area contributed by atoms with E-state index in [-0.39, 0.29) is 6.61 Å². The van der Waals surface area contributed by atoms with Crippen molar-refractivity contribution in [3.05, 3.63) is 0 Å². The first-order chi connectivity index (χ1) is 6.81. The molecule has 0 heterocycles. The SMILES string of the molecule is CCON(C(=O)OC(C)(C)C)C(C)CO. The smallest absolute Gasteiger partial charge is 0.434 e. The molecule has 1 amide bonds. The van der Waals surface area contributed by atoms with Crippen LogP contribution in [0.15, 0.2) is 0 Å². The van der Waals surface area contributed by atoms with Gasteiger partial charge in [0.25, 0.3) is 0 Å². The van der Waals surface area contributed by atoms with Gasteiger partial charge in [-0.25, -0.2) is 4.79 Å². The van der Waals surface area contributed by atoms with E-state index >= 15 is 0 Å². The van der Waals surface area contributed by atoms with Gasteiger partial charge in [0.05, 0.1) is 19.3 Å². The Labute approximate surface area is 90.9 Å². The number of carbonyl (C=O) groups is 1. The third-order valence-corrected chi connectivity index (χ3v) is 1.51. The minimum Gasteiger partial charge on any atom is -0.442 e. The molecule has 1 unspecified atom stereocenters. The Balaban J connectivity index is 4.42. The molecule has 0 fully saturated rings. The number of aliphatic hydroxyl groups excluding tert-OH is 1. The number of rotatable bonds is 4. The number of hydrogen-bond acceptors (Lipinski definition) is 4. The van der Waals surface area contributed by atoms with Gasteiger partial charge in [0.1, 0.15) is 5.60 Å². The van der Waals surface area contributed by atoms with Gasteiger partial charge < -0.3 is 9.84 Å². The number of nitrogens with zero attached hydrogens (tertiary/aromatic N) is 1. The first kappa shape index (κ1) is 14.2. The largest absolute Gasteiger partial charge is 0.442 e. The molecule has 0 spiro atoms. The monoisotopic (exact) mass is 219 g/mol. The molecule has 0 bridgehead atoms. The summed E-state index contributed by atoms with van der Waals surface area (Å²) in [5, 5.41) is 10.0. The highest BCUT2D eigenvalue weighted by atomic mass is 16.7.